The second-order valence-electron chi connectivity index (χ2n) is 11.9. The lowest BCUT2D eigenvalue weighted by atomic mass is 9.55. The number of Topliss-reactive ketones (excluding diaryl/α,β-unsaturated/α-hetero) is 1. The highest BCUT2D eigenvalue weighted by Crippen LogP contribution is 2.59. The highest BCUT2D eigenvalue weighted by atomic mass is 32.2. The van der Waals surface area contributed by atoms with Crippen LogP contribution in [0.3, 0.4) is 0 Å². The van der Waals surface area contributed by atoms with Crippen molar-refractivity contribution in [2.75, 3.05) is 19.1 Å². The van der Waals surface area contributed by atoms with Crippen molar-refractivity contribution in [2.24, 2.45) is 17.3 Å². The summed E-state index contributed by atoms with van der Waals surface area (Å²) in [5.41, 5.74) is 4.11. The molecule has 42 heavy (non-hydrogen) atoms. The van der Waals surface area contributed by atoms with Gasteiger partial charge in [0, 0.05) is 46.5 Å². The second kappa shape index (κ2) is 14.8. The number of fused-ring (bicyclic) bond motifs is 5. The zero-order valence-corrected chi connectivity index (χ0v) is 26.0. The minimum absolute atomic E-state index is 0.107. The van der Waals surface area contributed by atoms with E-state index in [-0.39, 0.29) is 11.2 Å². The van der Waals surface area contributed by atoms with E-state index in [0.717, 1.165) is 44.9 Å². The van der Waals surface area contributed by atoms with Gasteiger partial charge in [0.25, 0.3) is 0 Å². The van der Waals surface area contributed by atoms with E-state index in [2.05, 4.69) is 20.4 Å². The monoisotopic (exact) mass is 622 g/mol. The molecule has 5 atom stereocenters. The predicted octanol–water partition coefficient (Wildman–Crippen LogP) is 6.12. The Hall–Kier alpha value is -1.79. The standard InChI is InChI=1S/C19H25BO4.C6H9F5OS.C5H10/c1-19-8-7-12-13(15(19)5-6-18(19)21)4-3-11-9-16(20(22)23)17(24-2)10-14(11)12;1-13(12)4-2-3-5(7,8)6(9,10)11;1-4-5(2)3/h9-10,12-13,15,22-23H,3-8H2,1-2H3;2-4H2,1H3;2,4H2,1,3H3. The lowest BCUT2D eigenvalue weighted by molar-refractivity contribution is -0.284. The molecule has 0 bridgehead atoms. The summed E-state index contributed by atoms with van der Waals surface area (Å²) in [6.07, 6.45) is 1.02. The third kappa shape index (κ3) is 8.65. The lowest BCUT2D eigenvalue weighted by Crippen LogP contribution is -2.43. The maximum Gasteiger partial charge on any atom is 0.492 e. The minimum atomic E-state index is -5.50. The highest BCUT2D eigenvalue weighted by Gasteiger charge is 2.56. The Morgan fingerprint density at radius 1 is 1.17 bits per heavy atom. The van der Waals surface area contributed by atoms with Crippen molar-refractivity contribution in [3.05, 3.63) is 35.4 Å². The van der Waals surface area contributed by atoms with Crippen molar-refractivity contribution in [2.45, 2.75) is 96.6 Å². The predicted molar refractivity (Wildman–Crippen MR) is 157 cm³/mol. The Kier molecular flexibility index (Phi) is 12.8. The van der Waals surface area contributed by atoms with Crippen molar-refractivity contribution >= 4 is 29.2 Å². The number of ketones is 1. The van der Waals surface area contributed by atoms with Gasteiger partial charge in [0.2, 0.25) is 0 Å². The first-order valence-electron chi connectivity index (χ1n) is 14.4. The average Bonchev–Trinajstić information content (AvgIpc) is 3.21. The Bertz CT molecular complexity index is 1130. The van der Waals surface area contributed by atoms with Gasteiger partial charge in [0.15, 0.2) is 0 Å². The zero-order chi connectivity index (χ0) is 32.0. The molecule has 5 nitrogen and oxygen atoms in total. The number of aryl methyl sites for hydroxylation is 1. The normalized spacial score (nSPS) is 25.4. The van der Waals surface area contributed by atoms with Gasteiger partial charge in [0.05, 0.1) is 7.11 Å². The number of carbonyl (C=O) groups is 1. The van der Waals surface area contributed by atoms with E-state index in [1.807, 2.05) is 19.1 Å². The van der Waals surface area contributed by atoms with Crippen molar-refractivity contribution in [3.63, 3.8) is 0 Å². The van der Waals surface area contributed by atoms with Crippen LogP contribution >= 0.6 is 0 Å². The van der Waals surface area contributed by atoms with Gasteiger partial charge in [-0.25, -0.2) is 0 Å². The summed E-state index contributed by atoms with van der Waals surface area (Å²) in [5.74, 6) is -2.23. The van der Waals surface area contributed by atoms with E-state index in [4.69, 9.17) is 4.74 Å². The summed E-state index contributed by atoms with van der Waals surface area (Å²) in [6, 6.07) is 3.92. The summed E-state index contributed by atoms with van der Waals surface area (Å²) in [5, 5.41) is 19.2. The van der Waals surface area contributed by atoms with Crippen molar-refractivity contribution in [1.82, 2.24) is 0 Å². The molecule has 0 heterocycles. The number of rotatable bonds is 7. The molecule has 2 fully saturated rings. The summed E-state index contributed by atoms with van der Waals surface area (Å²) >= 11 is 0. The quantitative estimate of drug-likeness (QED) is 0.218. The smallest absolute Gasteiger partial charge is 0.492 e. The number of carbonyl (C=O) groups excluding carboxylic acids is 1. The van der Waals surface area contributed by atoms with Gasteiger partial charge in [-0.2, -0.15) is 22.0 Å². The van der Waals surface area contributed by atoms with Crippen molar-refractivity contribution in [3.8, 4) is 5.75 Å². The number of hydrogen-bond acceptors (Lipinski definition) is 5. The molecule has 5 unspecified atom stereocenters. The summed E-state index contributed by atoms with van der Waals surface area (Å²) < 4.78 is 74.7. The van der Waals surface area contributed by atoms with Crippen LogP contribution in [-0.4, -0.2) is 58.4 Å². The molecule has 0 aromatic heterocycles. The number of halogens is 5. The molecule has 0 spiro atoms. The average molecular weight is 623 g/mol. The second-order valence-corrected chi connectivity index (χ2v) is 13.4. The molecule has 1 aromatic rings. The fourth-order valence-corrected chi connectivity index (χ4v) is 6.96. The first kappa shape index (κ1) is 36.4. The Morgan fingerprint density at radius 3 is 2.29 bits per heavy atom. The number of benzene rings is 1. The van der Waals surface area contributed by atoms with E-state index < -0.39 is 42.9 Å². The summed E-state index contributed by atoms with van der Waals surface area (Å²) in [7, 11) is -1.27. The molecular weight excluding hydrogens is 578 g/mol. The van der Waals surface area contributed by atoms with Crippen molar-refractivity contribution < 1.29 is 45.7 Å². The molecule has 0 radical (unpaired) electrons. The minimum Gasteiger partial charge on any atom is -0.497 e. The summed E-state index contributed by atoms with van der Waals surface area (Å²) in [6.45, 7) is 9.99. The van der Waals surface area contributed by atoms with Crippen LogP contribution in [0.5, 0.6) is 5.75 Å². The number of hydrogen-bond donors (Lipinski definition) is 2. The molecule has 2 N–H and O–H groups in total. The van der Waals surface area contributed by atoms with Crippen LogP contribution < -0.4 is 10.2 Å². The molecule has 3 aliphatic carbocycles. The van der Waals surface area contributed by atoms with Crippen LogP contribution in [0, 0.1) is 17.3 Å². The van der Waals surface area contributed by atoms with Gasteiger partial charge in [-0.3, -0.25) is 9.00 Å². The van der Waals surface area contributed by atoms with Gasteiger partial charge < -0.3 is 14.8 Å². The molecule has 238 valence electrons. The molecule has 4 rings (SSSR count). The molecule has 3 aliphatic rings. The third-order valence-electron chi connectivity index (χ3n) is 9.00. The van der Waals surface area contributed by atoms with Crippen LogP contribution in [0.25, 0.3) is 0 Å². The van der Waals surface area contributed by atoms with Crippen LogP contribution in [0.15, 0.2) is 24.3 Å². The third-order valence-corrected chi connectivity index (χ3v) is 9.87. The van der Waals surface area contributed by atoms with E-state index >= 15 is 0 Å². The molecule has 0 amide bonds. The van der Waals surface area contributed by atoms with E-state index in [9.17, 15) is 41.0 Å². The van der Waals surface area contributed by atoms with Crippen LogP contribution in [0.4, 0.5) is 22.0 Å². The molecule has 1 aromatic carbocycles. The van der Waals surface area contributed by atoms with Gasteiger partial charge in [-0.05, 0) is 86.8 Å². The number of ether oxygens (including phenoxy) is 1. The largest absolute Gasteiger partial charge is 0.497 e. The maximum atomic E-state index is 12.4. The van der Waals surface area contributed by atoms with E-state index in [0.29, 0.717) is 34.7 Å². The fraction of sp³-hybridized carbons (Fsp3) is 0.700. The first-order valence-corrected chi connectivity index (χ1v) is 16.1. The Morgan fingerprint density at radius 2 is 1.79 bits per heavy atom. The molecule has 12 heteroatoms. The first-order chi connectivity index (χ1) is 19.4. The SMILES string of the molecule is C=C(C)CC.COc1cc2c(cc1B(O)O)CCC1C2CCC2(C)C(=O)CCC12.CS(=O)CCCC(F)(F)C(F)(F)F. The number of alkyl halides is 5. The maximum absolute atomic E-state index is 12.4. The van der Waals surface area contributed by atoms with Gasteiger partial charge in [-0.15, -0.1) is 6.58 Å². The molecule has 0 saturated heterocycles. The van der Waals surface area contributed by atoms with Gasteiger partial charge in [0.1, 0.15) is 11.5 Å². The van der Waals surface area contributed by atoms with Gasteiger partial charge in [-0.1, -0.05) is 25.5 Å². The molecule has 2 saturated carbocycles. The number of allylic oxidation sites excluding steroid dienone is 1. The van der Waals surface area contributed by atoms with E-state index in [1.165, 1.54) is 23.0 Å². The summed E-state index contributed by atoms with van der Waals surface area (Å²) in [4.78, 5) is 12.4. The lowest BCUT2D eigenvalue weighted by Gasteiger charge is -2.48. The number of methoxy groups -OCH3 is 1. The van der Waals surface area contributed by atoms with Crippen LogP contribution in [0.2, 0.25) is 0 Å². The van der Waals surface area contributed by atoms with Crippen LogP contribution in [0.1, 0.15) is 89.2 Å². The van der Waals surface area contributed by atoms with E-state index in [1.54, 1.807) is 7.11 Å². The topological polar surface area (TPSA) is 83.8 Å². The zero-order valence-electron chi connectivity index (χ0n) is 25.2. The highest BCUT2D eigenvalue weighted by molar-refractivity contribution is 7.84. The fourth-order valence-electron chi connectivity index (χ4n) is 6.41. The Labute approximate surface area is 248 Å². The molecular formula is C30H44BF5O5S. The van der Waals surface area contributed by atoms with Gasteiger partial charge >= 0.3 is 19.2 Å². The molecule has 0 aliphatic heterocycles. The Balaban J connectivity index is 0.000000290. The van der Waals surface area contributed by atoms with Crippen molar-refractivity contribution in [1.29, 1.82) is 0 Å². The van der Waals surface area contributed by atoms with Crippen LogP contribution in [-0.2, 0) is 22.0 Å².